The van der Waals surface area contributed by atoms with Crippen molar-refractivity contribution in [2.45, 2.75) is 11.3 Å². The number of anilines is 1. The van der Waals surface area contributed by atoms with Gasteiger partial charge in [0.15, 0.2) is 0 Å². The molecule has 0 spiro atoms. The smallest absolute Gasteiger partial charge is 0.228 e. The molecule has 0 aromatic heterocycles. The molecule has 0 saturated carbocycles. The van der Waals surface area contributed by atoms with Crippen molar-refractivity contribution in [2.24, 2.45) is 5.73 Å². The molecule has 1 aromatic rings. The largest absolute Gasteiger partial charge is 0.330 e. The fraction of sp³-hybridized carbons (Fsp3) is 0.364. The molecule has 0 radical (unpaired) electrons. The van der Waals surface area contributed by atoms with E-state index in [4.69, 9.17) is 17.3 Å². The van der Waals surface area contributed by atoms with Crippen LogP contribution in [0.1, 0.15) is 6.42 Å². The first-order valence-corrected chi connectivity index (χ1v) is 6.51. The van der Waals surface area contributed by atoms with E-state index in [1.165, 1.54) is 0 Å². The summed E-state index contributed by atoms with van der Waals surface area (Å²) in [6.07, 6.45) is 0.396. The van der Waals surface area contributed by atoms with Crippen LogP contribution in [-0.2, 0) is 4.79 Å². The second-order valence-corrected chi connectivity index (χ2v) is 5.12. The predicted octanol–water partition coefficient (Wildman–Crippen LogP) is 2.13. The fourth-order valence-electron chi connectivity index (χ4n) is 1.71. The zero-order valence-corrected chi connectivity index (χ0v) is 10.4. The highest BCUT2D eigenvalue weighted by Gasteiger charge is 2.22. The maximum absolute atomic E-state index is 11.8. The van der Waals surface area contributed by atoms with Crippen LogP contribution in [0.25, 0.3) is 0 Å². The van der Waals surface area contributed by atoms with E-state index in [0.29, 0.717) is 18.0 Å². The summed E-state index contributed by atoms with van der Waals surface area (Å²) in [4.78, 5) is 14.7. The maximum atomic E-state index is 11.8. The molecular weight excluding hydrogens is 244 g/mol. The Kier molecular flexibility index (Phi) is 3.74. The molecule has 5 heteroatoms. The molecule has 0 aliphatic carbocycles. The van der Waals surface area contributed by atoms with Gasteiger partial charge in [0.05, 0.1) is 5.69 Å². The van der Waals surface area contributed by atoms with Gasteiger partial charge in [-0.15, -0.1) is 11.8 Å². The number of nitrogens with two attached hydrogens (primary N) is 1. The third-order valence-electron chi connectivity index (χ3n) is 2.44. The van der Waals surface area contributed by atoms with Gasteiger partial charge in [0.1, 0.15) is 0 Å². The van der Waals surface area contributed by atoms with Crippen molar-refractivity contribution in [1.29, 1.82) is 0 Å². The van der Waals surface area contributed by atoms with E-state index in [1.807, 2.05) is 18.2 Å². The predicted molar refractivity (Wildman–Crippen MR) is 68.2 cm³/mol. The van der Waals surface area contributed by atoms with Crippen LogP contribution in [0, 0.1) is 0 Å². The summed E-state index contributed by atoms with van der Waals surface area (Å²) in [5.74, 6) is 0.996. The molecule has 3 nitrogen and oxygen atoms in total. The van der Waals surface area contributed by atoms with Gasteiger partial charge in [0.2, 0.25) is 5.91 Å². The minimum absolute atomic E-state index is 0.0892. The molecule has 1 aliphatic heterocycles. The Morgan fingerprint density at radius 1 is 1.56 bits per heavy atom. The van der Waals surface area contributed by atoms with E-state index in [9.17, 15) is 4.79 Å². The first-order valence-electron chi connectivity index (χ1n) is 5.15. The molecule has 1 heterocycles. The van der Waals surface area contributed by atoms with E-state index in [1.54, 1.807) is 16.7 Å². The highest BCUT2D eigenvalue weighted by molar-refractivity contribution is 7.99. The van der Waals surface area contributed by atoms with Gasteiger partial charge in [-0.3, -0.25) is 4.79 Å². The average Bonchev–Trinajstić information content (AvgIpc) is 2.28. The number of hydrogen-bond acceptors (Lipinski definition) is 3. The Bertz CT molecular complexity index is 411. The van der Waals surface area contributed by atoms with Crippen LogP contribution in [0.5, 0.6) is 0 Å². The summed E-state index contributed by atoms with van der Waals surface area (Å²) >= 11 is 7.66. The summed E-state index contributed by atoms with van der Waals surface area (Å²) in [6, 6.07) is 5.62. The lowest BCUT2D eigenvalue weighted by Gasteiger charge is -2.29. The zero-order valence-electron chi connectivity index (χ0n) is 8.78. The van der Waals surface area contributed by atoms with Crippen molar-refractivity contribution in [2.75, 3.05) is 23.7 Å². The third-order valence-corrected chi connectivity index (χ3v) is 3.70. The number of amides is 1. The maximum Gasteiger partial charge on any atom is 0.228 e. The van der Waals surface area contributed by atoms with Crippen molar-refractivity contribution < 1.29 is 4.79 Å². The number of carbonyl (C=O) groups is 1. The first kappa shape index (κ1) is 11.8. The van der Waals surface area contributed by atoms with Crippen LogP contribution in [-0.4, -0.2) is 24.7 Å². The average molecular weight is 257 g/mol. The molecule has 86 valence electrons. The molecule has 0 fully saturated rings. The quantitative estimate of drug-likeness (QED) is 0.882. The molecule has 1 aliphatic rings. The number of thioether (sulfide) groups is 1. The Labute approximate surface area is 104 Å². The Morgan fingerprint density at radius 3 is 3.12 bits per heavy atom. The molecule has 0 bridgehead atoms. The van der Waals surface area contributed by atoms with E-state index in [0.717, 1.165) is 22.9 Å². The molecule has 0 atom stereocenters. The van der Waals surface area contributed by atoms with Gasteiger partial charge < -0.3 is 10.6 Å². The topological polar surface area (TPSA) is 46.3 Å². The van der Waals surface area contributed by atoms with Crippen molar-refractivity contribution in [3.63, 3.8) is 0 Å². The Morgan fingerprint density at radius 2 is 2.38 bits per heavy atom. The monoisotopic (exact) mass is 256 g/mol. The highest BCUT2D eigenvalue weighted by atomic mass is 35.5. The van der Waals surface area contributed by atoms with Gasteiger partial charge in [-0.25, -0.2) is 0 Å². The third kappa shape index (κ3) is 2.34. The first-order chi connectivity index (χ1) is 7.72. The van der Waals surface area contributed by atoms with Crippen molar-refractivity contribution in [3.05, 3.63) is 23.2 Å². The summed E-state index contributed by atoms with van der Waals surface area (Å²) in [5, 5.41) is 0.708. The van der Waals surface area contributed by atoms with Gasteiger partial charge in [-0.2, -0.15) is 0 Å². The summed E-state index contributed by atoms with van der Waals surface area (Å²) in [5.41, 5.74) is 6.36. The second-order valence-electron chi connectivity index (χ2n) is 3.54. The van der Waals surface area contributed by atoms with Gasteiger partial charge in [0, 0.05) is 35.2 Å². The van der Waals surface area contributed by atoms with Crippen LogP contribution >= 0.6 is 23.4 Å². The van der Waals surface area contributed by atoms with E-state index in [2.05, 4.69) is 0 Å². The minimum atomic E-state index is 0.0892. The zero-order chi connectivity index (χ0) is 11.5. The van der Waals surface area contributed by atoms with Crippen LogP contribution in [0.2, 0.25) is 5.02 Å². The van der Waals surface area contributed by atoms with Gasteiger partial charge in [0.25, 0.3) is 0 Å². The van der Waals surface area contributed by atoms with Gasteiger partial charge in [-0.1, -0.05) is 11.6 Å². The lowest BCUT2D eigenvalue weighted by molar-refractivity contribution is -0.118. The molecule has 1 amide bonds. The van der Waals surface area contributed by atoms with Crippen LogP contribution in [0.3, 0.4) is 0 Å². The van der Waals surface area contributed by atoms with Crippen molar-refractivity contribution in [1.82, 2.24) is 0 Å². The van der Waals surface area contributed by atoms with Crippen LogP contribution in [0.15, 0.2) is 23.1 Å². The molecule has 0 saturated heterocycles. The minimum Gasteiger partial charge on any atom is -0.330 e. The number of halogens is 1. The summed E-state index contributed by atoms with van der Waals surface area (Å²) in [6.45, 7) is 1.14. The molecule has 16 heavy (non-hydrogen) atoms. The number of nitrogens with zero attached hydrogens (tertiary/aromatic N) is 1. The number of benzene rings is 1. The molecule has 2 rings (SSSR count). The highest BCUT2D eigenvalue weighted by Crippen LogP contribution is 2.36. The molecular formula is C11H13ClN2OS. The number of carbonyl (C=O) groups excluding carboxylic acids is 1. The van der Waals surface area contributed by atoms with Crippen molar-refractivity contribution >= 4 is 35.0 Å². The van der Waals surface area contributed by atoms with E-state index < -0.39 is 0 Å². The molecule has 0 unspecified atom stereocenters. The van der Waals surface area contributed by atoms with Gasteiger partial charge >= 0.3 is 0 Å². The summed E-state index contributed by atoms with van der Waals surface area (Å²) < 4.78 is 0. The van der Waals surface area contributed by atoms with Crippen LogP contribution < -0.4 is 10.6 Å². The number of fused-ring (bicyclic) bond motifs is 1. The standard InChI is InChI=1S/C11H13ClN2OS/c12-8-1-2-9-10(7-8)16-6-5-14(9)11(15)3-4-13/h1-2,7H,3-6,13H2. The van der Waals surface area contributed by atoms with E-state index >= 15 is 0 Å². The lowest BCUT2D eigenvalue weighted by atomic mass is 10.2. The fourth-order valence-corrected chi connectivity index (χ4v) is 2.98. The van der Waals surface area contributed by atoms with Gasteiger partial charge in [-0.05, 0) is 18.2 Å². The molecule has 1 aromatic carbocycles. The summed E-state index contributed by atoms with van der Waals surface area (Å²) in [7, 11) is 0. The van der Waals surface area contributed by atoms with Crippen molar-refractivity contribution in [3.8, 4) is 0 Å². The Hall–Kier alpha value is -0.710. The normalized spacial score (nSPS) is 14.8. The SMILES string of the molecule is NCCC(=O)N1CCSc2cc(Cl)ccc21. The van der Waals surface area contributed by atoms with E-state index in [-0.39, 0.29) is 5.91 Å². The second kappa shape index (κ2) is 5.08. The Balaban J connectivity index is 2.29. The molecule has 2 N–H and O–H groups in total. The lowest BCUT2D eigenvalue weighted by Crippen LogP contribution is -2.36. The number of rotatable bonds is 2. The van der Waals surface area contributed by atoms with Crippen LogP contribution in [0.4, 0.5) is 5.69 Å². The number of hydrogen-bond donors (Lipinski definition) is 1.